The molecule has 0 amide bonds. The summed E-state index contributed by atoms with van der Waals surface area (Å²) in [5.41, 5.74) is 18.2. The minimum absolute atomic E-state index is 0.161. The Bertz CT molecular complexity index is 1800. The molecule has 4 aromatic rings. The normalized spacial score (nSPS) is 17.7. The number of benzene rings is 4. The molecule has 2 heteroatoms. The molecular formula is C44H53SiZr. The second kappa shape index (κ2) is 12.5. The molecular weight excluding hydrogens is 648 g/mol. The maximum atomic E-state index is 2.68. The van der Waals surface area contributed by atoms with Gasteiger partial charge in [0.25, 0.3) is 0 Å². The number of fused-ring (bicyclic) bond motifs is 2. The summed E-state index contributed by atoms with van der Waals surface area (Å²) in [6.07, 6.45) is 5.21. The van der Waals surface area contributed by atoms with Gasteiger partial charge in [0, 0.05) is 0 Å². The summed E-state index contributed by atoms with van der Waals surface area (Å²) in [4.78, 5) is 0. The molecule has 0 saturated heterocycles. The van der Waals surface area contributed by atoms with E-state index in [0.717, 1.165) is 0 Å². The van der Waals surface area contributed by atoms with Crippen molar-refractivity contribution in [3.63, 3.8) is 0 Å². The van der Waals surface area contributed by atoms with Crippen LogP contribution in [0.3, 0.4) is 0 Å². The second-order valence-corrected chi connectivity index (χ2v) is 36.5. The van der Waals surface area contributed by atoms with Crippen LogP contribution in [-0.2, 0) is 31.7 Å². The Morgan fingerprint density at radius 1 is 0.587 bits per heavy atom. The van der Waals surface area contributed by atoms with Gasteiger partial charge in [0.2, 0.25) is 0 Å². The Balaban J connectivity index is 1.44. The molecule has 0 radical (unpaired) electrons. The summed E-state index contributed by atoms with van der Waals surface area (Å²) >= 11 is -2.16. The predicted octanol–water partition coefficient (Wildman–Crippen LogP) is 12.5. The van der Waals surface area contributed by atoms with Gasteiger partial charge in [-0.2, -0.15) is 0 Å². The Morgan fingerprint density at radius 3 is 1.43 bits per heavy atom. The minimum atomic E-state index is -2.16. The standard InChI is InChI=1S/C22H25.C20H21.C2H7Si.Zr/c1-15(2)18-13-17-7-6-8-20(21(17)14-18)16-9-11-19(12-10-16)22(3,4)5;1-14-12-16-6-5-7-18(19(16)13-14)15-8-10-17(11-9-15)20(2,3)4;1-3-2;/h6-15H,1-5H3;5-13H,1-4H3;3H,1-2H3;. The fourth-order valence-corrected chi connectivity index (χ4v) is 31.2. The van der Waals surface area contributed by atoms with E-state index in [0.29, 0.717) is 13.2 Å². The molecule has 0 spiro atoms. The zero-order chi connectivity index (χ0) is 33.1. The van der Waals surface area contributed by atoms with Crippen molar-refractivity contribution < 1.29 is 20.9 Å². The first-order valence-corrected chi connectivity index (χ1v) is 27.4. The number of hydrogen-bond donors (Lipinski definition) is 0. The van der Waals surface area contributed by atoms with Gasteiger partial charge in [0.1, 0.15) is 0 Å². The van der Waals surface area contributed by atoms with E-state index in [4.69, 9.17) is 0 Å². The van der Waals surface area contributed by atoms with Crippen LogP contribution in [0.25, 0.3) is 34.4 Å². The Morgan fingerprint density at radius 2 is 1.02 bits per heavy atom. The van der Waals surface area contributed by atoms with E-state index < -0.39 is 26.8 Å². The third-order valence-corrected chi connectivity index (χ3v) is 32.4. The first-order chi connectivity index (χ1) is 21.7. The van der Waals surface area contributed by atoms with Crippen LogP contribution < -0.4 is 0 Å². The van der Waals surface area contributed by atoms with E-state index in [1.165, 1.54) is 44.5 Å². The van der Waals surface area contributed by atoms with Crippen molar-refractivity contribution in [2.45, 2.75) is 93.5 Å². The fraction of sp³-hybridized carbons (Fsp3) is 0.364. The first-order valence-electron chi connectivity index (χ1n) is 17.4. The van der Waals surface area contributed by atoms with Gasteiger partial charge in [-0.05, 0) is 0 Å². The Labute approximate surface area is 288 Å². The number of allylic oxidation sites excluding steroid dienone is 2. The zero-order valence-electron chi connectivity index (χ0n) is 30.0. The molecule has 0 bridgehead atoms. The van der Waals surface area contributed by atoms with E-state index >= 15 is 0 Å². The first kappa shape index (κ1) is 33.4. The Hall–Kier alpha value is -2.54. The van der Waals surface area contributed by atoms with Crippen LogP contribution in [0.1, 0.15) is 103 Å². The zero-order valence-corrected chi connectivity index (χ0v) is 33.7. The summed E-state index contributed by atoms with van der Waals surface area (Å²) in [5, 5.41) is 0. The predicted molar refractivity (Wildman–Crippen MR) is 202 cm³/mol. The summed E-state index contributed by atoms with van der Waals surface area (Å²) < 4.78 is 1.29. The molecule has 0 saturated carbocycles. The van der Waals surface area contributed by atoms with E-state index in [-0.39, 0.29) is 10.8 Å². The quantitative estimate of drug-likeness (QED) is 0.176. The van der Waals surface area contributed by atoms with Gasteiger partial charge in [-0.3, -0.25) is 0 Å². The van der Waals surface area contributed by atoms with Crippen LogP contribution in [0.5, 0.6) is 0 Å². The van der Waals surface area contributed by atoms with Crippen LogP contribution in [0.4, 0.5) is 0 Å². The van der Waals surface area contributed by atoms with Crippen LogP contribution in [0.2, 0.25) is 13.1 Å². The van der Waals surface area contributed by atoms with E-state index in [1.807, 2.05) is 0 Å². The van der Waals surface area contributed by atoms with Gasteiger partial charge >= 0.3 is 290 Å². The molecule has 6 rings (SSSR count). The molecule has 0 nitrogen and oxygen atoms in total. The Kier molecular flexibility index (Phi) is 9.06. The summed E-state index contributed by atoms with van der Waals surface area (Å²) in [5.74, 6) is -0.393. The van der Waals surface area contributed by atoms with Gasteiger partial charge in [-0.15, -0.1) is 0 Å². The van der Waals surface area contributed by atoms with Gasteiger partial charge in [0.15, 0.2) is 0 Å². The average Bonchev–Trinajstić information content (AvgIpc) is 3.54. The third-order valence-electron chi connectivity index (χ3n) is 10.5. The maximum absolute atomic E-state index is 2.68. The van der Waals surface area contributed by atoms with Crippen LogP contribution in [0, 0.1) is 5.92 Å². The topological polar surface area (TPSA) is 0 Å². The molecule has 0 fully saturated rings. The summed E-state index contributed by atoms with van der Waals surface area (Å²) in [7, 11) is 0. The van der Waals surface area contributed by atoms with Gasteiger partial charge in [0.05, 0.1) is 0 Å². The average molecular weight is 701 g/mol. The second-order valence-electron chi connectivity index (χ2n) is 16.5. The van der Waals surface area contributed by atoms with Crippen LogP contribution >= 0.6 is 0 Å². The van der Waals surface area contributed by atoms with Gasteiger partial charge in [-0.25, -0.2) is 0 Å². The van der Waals surface area contributed by atoms with Crippen molar-refractivity contribution in [1.82, 2.24) is 0 Å². The molecule has 0 aromatic heterocycles. The molecule has 2 unspecified atom stereocenters. The van der Waals surface area contributed by atoms with Crippen molar-refractivity contribution in [2.24, 2.45) is 5.92 Å². The summed E-state index contributed by atoms with van der Waals surface area (Å²) in [6.45, 7) is 26.5. The monoisotopic (exact) mass is 699 g/mol. The van der Waals surface area contributed by atoms with E-state index in [1.54, 1.807) is 22.3 Å². The molecule has 0 heterocycles. The van der Waals surface area contributed by atoms with Gasteiger partial charge in [-0.1, -0.05) is 0 Å². The van der Waals surface area contributed by atoms with Gasteiger partial charge < -0.3 is 0 Å². The molecule has 0 N–H and O–H groups in total. The van der Waals surface area contributed by atoms with Crippen molar-refractivity contribution in [1.29, 1.82) is 0 Å². The van der Waals surface area contributed by atoms with Crippen LogP contribution in [0.15, 0.2) is 96.1 Å². The molecule has 2 atom stereocenters. The number of rotatable bonds is 6. The molecule has 46 heavy (non-hydrogen) atoms. The van der Waals surface area contributed by atoms with Crippen molar-refractivity contribution >= 4 is 18.1 Å². The van der Waals surface area contributed by atoms with Crippen molar-refractivity contribution in [3.05, 3.63) is 129 Å². The van der Waals surface area contributed by atoms with Crippen LogP contribution in [-0.4, -0.2) is 5.92 Å². The van der Waals surface area contributed by atoms with E-state index in [9.17, 15) is 0 Å². The third kappa shape index (κ3) is 6.10. The molecule has 4 aromatic carbocycles. The number of hydrogen-bond acceptors (Lipinski definition) is 0. The summed E-state index contributed by atoms with van der Waals surface area (Å²) in [6, 6.07) is 33.2. The molecule has 2 aliphatic rings. The van der Waals surface area contributed by atoms with Crippen molar-refractivity contribution in [3.8, 4) is 22.3 Å². The molecule has 237 valence electrons. The van der Waals surface area contributed by atoms with Crippen molar-refractivity contribution in [2.75, 3.05) is 0 Å². The fourth-order valence-electron chi connectivity index (χ4n) is 7.93. The molecule has 0 aliphatic heterocycles. The SMILES string of the molecule is CC1=Cc2c(-c3ccc(C(C)(C)C)cc3)cccc2[CH]1[Zr]([CH]1C(C(C)C)=Cc2c(-c3ccc(C(C)(C)C)cc3)cccc21)[SiH](C)C. The van der Waals surface area contributed by atoms with E-state index in [2.05, 4.69) is 172 Å². The molecule has 2 aliphatic carbocycles.